The Morgan fingerprint density at radius 1 is 0.762 bits per heavy atom. The molecule has 0 saturated heterocycles. The second kappa shape index (κ2) is 11.8. The van der Waals surface area contributed by atoms with E-state index in [4.69, 9.17) is 0 Å². The number of unbranched alkanes of at least 4 members (excludes halogenated alkanes) is 6. The number of hydrogen-bond acceptors (Lipinski definition) is 1. The average molecular weight is 290 g/mol. The van der Waals surface area contributed by atoms with Gasteiger partial charge in [-0.2, -0.15) is 0 Å². The van der Waals surface area contributed by atoms with Crippen LogP contribution in [-0.4, -0.2) is 18.0 Å². The predicted molar refractivity (Wildman–Crippen MR) is 94.7 cm³/mol. The molecular formula is C20H35N. The fourth-order valence-corrected chi connectivity index (χ4v) is 3.19. The highest BCUT2D eigenvalue weighted by Crippen LogP contribution is 2.26. The number of benzene rings is 1. The van der Waals surface area contributed by atoms with Crippen LogP contribution in [0.15, 0.2) is 30.3 Å². The highest BCUT2D eigenvalue weighted by atomic mass is 15.1. The molecule has 0 aromatic heterocycles. The molecule has 0 amide bonds. The molecule has 0 aliphatic heterocycles. The molecule has 0 aliphatic rings. The minimum Gasteiger partial charge on any atom is -0.297 e. The third kappa shape index (κ3) is 7.13. The van der Waals surface area contributed by atoms with Gasteiger partial charge < -0.3 is 0 Å². The van der Waals surface area contributed by atoms with E-state index in [0.29, 0.717) is 6.04 Å². The minimum atomic E-state index is 0.608. The van der Waals surface area contributed by atoms with Crippen molar-refractivity contribution in [2.75, 3.05) is 13.1 Å². The zero-order chi connectivity index (χ0) is 15.3. The van der Waals surface area contributed by atoms with Crippen LogP contribution in [0.2, 0.25) is 0 Å². The zero-order valence-corrected chi connectivity index (χ0v) is 14.5. The molecule has 1 aromatic rings. The summed E-state index contributed by atoms with van der Waals surface area (Å²) in [6.45, 7) is 9.14. The third-order valence-corrected chi connectivity index (χ3v) is 4.52. The summed E-state index contributed by atoms with van der Waals surface area (Å²) >= 11 is 0. The summed E-state index contributed by atoms with van der Waals surface area (Å²) in [5.74, 6) is 0. The molecule has 1 rings (SSSR count). The van der Waals surface area contributed by atoms with Gasteiger partial charge in [-0.25, -0.2) is 0 Å². The van der Waals surface area contributed by atoms with Gasteiger partial charge in [0.25, 0.3) is 0 Å². The molecule has 0 spiro atoms. The summed E-state index contributed by atoms with van der Waals surface area (Å²) in [6.07, 6.45) is 11.1. The summed E-state index contributed by atoms with van der Waals surface area (Å²) in [4.78, 5) is 2.60. The molecule has 120 valence electrons. The van der Waals surface area contributed by atoms with Gasteiger partial charge in [0.2, 0.25) is 0 Å². The van der Waals surface area contributed by atoms with Gasteiger partial charge in [-0.15, -0.1) is 0 Å². The van der Waals surface area contributed by atoms with Crippen molar-refractivity contribution < 1.29 is 0 Å². The summed E-state index contributed by atoms with van der Waals surface area (Å²) < 4.78 is 0. The van der Waals surface area contributed by atoms with Gasteiger partial charge in [-0.1, -0.05) is 96.0 Å². The Bertz CT molecular complexity index is 329. The Labute approximate surface area is 132 Å². The normalized spacial score (nSPS) is 12.8. The van der Waals surface area contributed by atoms with Crippen molar-refractivity contribution in [1.82, 2.24) is 4.90 Å². The molecule has 1 nitrogen and oxygen atoms in total. The van der Waals surface area contributed by atoms with Crippen molar-refractivity contribution in [1.29, 1.82) is 0 Å². The fraction of sp³-hybridized carbons (Fsp3) is 0.700. The first kappa shape index (κ1) is 18.2. The quantitative estimate of drug-likeness (QED) is 0.413. The van der Waals surface area contributed by atoms with Crippen molar-refractivity contribution >= 4 is 0 Å². The Hall–Kier alpha value is -0.820. The topological polar surface area (TPSA) is 3.24 Å². The number of nitrogens with zero attached hydrogens (tertiary/aromatic N) is 1. The van der Waals surface area contributed by atoms with Gasteiger partial charge in [-0.3, -0.25) is 4.90 Å². The van der Waals surface area contributed by atoms with Gasteiger partial charge in [0, 0.05) is 6.04 Å². The second-order valence-corrected chi connectivity index (χ2v) is 6.06. The van der Waals surface area contributed by atoms with Crippen LogP contribution in [0.1, 0.15) is 83.7 Å². The van der Waals surface area contributed by atoms with E-state index < -0.39 is 0 Å². The molecule has 21 heavy (non-hydrogen) atoms. The molecule has 0 aliphatic carbocycles. The number of hydrogen-bond donors (Lipinski definition) is 0. The van der Waals surface area contributed by atoms with Crippen LogP contribution in [-0.2, 0) is 0 Å². The van der Waals surface area contributed by atoms with Crippen LogP contribution in [0.5, 0.6) is 0 Å². The monoisotopic (exact) mass is 289 g/mol. The Balaban J connectivity index is 2.40. The summed E-state index contributed by atoms with van der Waals surface area (Å²) in [5.41, 5.74) is 1.49. The standard InChI is InChI=1S/C20H35N/c1-4-7-8-9-10-11-15-18-20(21(5-2)6-3)19-16-13-12-14-17-19/h12-14,16-17,20H,4-11,15,18H2,1-3H3. The van der Waals surface area contributed by atoms with Crippen molar-refractivity contribution in [2.45, 2.75) is 78.2 Å². The van der Waals surface area contributed by atoms with E-state index in [1.807, 2.05) is 0 Å². The van der Waals surface area contributed by atoms with Gasteiger partial charge in [0.1, 0.15) is 0 Å². The van der Waals surface area contributed by atoms with Crippen molar-refractivity contribution in [2.24, 2.45) is 0 Å². The highest BCUT2D eigenvalue weighted by molar-refractivity contribution is 5.19. The zero-order valence-electron chi connectivity index (χ0n) is 14.5. The van der Waals surface area contributed by atoms with Crippen LogP contribution in [0.3, 0.4) is 0 Å². The van der Waals surface area contributed by atoms with Crippen molar-refractivity contribution in [3.8, 4) is 0 Å². The van der Waals surface area contributed by atoms with E-state index in [2.05, 4.69) is 56.0 Å². The molecule has 1 unspecified atom stereocenters. The van der Waals surface area contributed by atoms with E-state index in [1.54, 1.807) is 0 Å². The van der Waals surface area contributed by atoms with E-state index in [-0.39, 0.29) is 0 Å². The molecule has 0 heterocycles. The van der Waals surface area contributed by atoms with Crippen LogP contribution >= 0.6 is 0 Å². The van der Waals surface area contributed by atoms with Crippen LogP contribution in [0.25, 0.3) is 0 Å². The van der Waals surface area contributed by atoms with E-state index in [9.17, 15) is 0 Å². The van der Waals surface area contributed by atoms with E-state index >= 15 is 0 Å². The first-order valence-electron chi connectivity index (χ1n) is 9.12. The third-order valence-electron chi connectivity index (χ3n) is 4.52. The second-order valence-electron chi connectivity index (χ2n) is 6.06. The molecule has 0 bridgehead atoms. The average Bonchev–Trinajstić information content (AvgIpc) is 2.54. The molecule has 0 saturated carbocycles. The first-order valence-corrected chi connectivity index (χ1v) is 9.12. The molecular weight excluding hydrogens is 254 g/mol. The maximum absolute atomic E-state index is 2.60. The summed E-state index contributed by atoms with van der Waals surface area (Å²) in [6, 6.07) is 11.7. The highest BCUT2D eigenvalue weighted by Gasteiger charge is 2.16. The lowest BCUT2D eigenvalue weighted by molar-refractivity contribution is 0.204. The summed E-state index contributed by atoms with van der Waals surface area (Å²) in [5, 5.41) is 0. The van der Waals surface area contributed by atoms with E-state index in [0.717, 1.165) is 13.1 Å². The fourth-order valence-electron chi connectivity index (χ4n) is 3.19. The van der Waals surface area contributed by atoms with Crippen LogP contribution < -0.4 is 0 Å². The lowest BCUT2D eigenvalue weighted by atomic mass is 9.98. The molecule has 0 radical (unpaired) electrons. The smallest absolute Gasteiger partial charge is 0.0347 e. The minimum absolute atomic E-state index is 0.608. The van der Waals surface area contributed by atoms with Crippen LogP contribution in [0.4, 0.5) is 0 Å². The molecule has 0 fully saturated rings. The Kier molecular flexibility index (Phi) is 10.2. The van der Waals surface area contributed by atoms with Crippen molar-refractivity contribution in [3.05, 3.63) is 35.9 Å². The van der Waals surface area contributed by atoms with Gasteiger partial charge in [0.15, 0.2) is 0 Å². The maximum atomic E-state index is 2.60. The lowest BCUT2D eigenvalue weighted by Crippen LogP contribution is -2.28. The Morgan fingerprint density at radius 2 is 1.33 bits per heavy atom. The van der Waals surface area contributed by atoms with Gasteiger partial charge in [-0.05, 0) is 25.1 Å². The predicted octanol–water partition coefficient (Wildman–Crippen LogP) is 6.21. The van der Waals surface area contributed by atoms with Gasteiger partial charge in [0.05, 0.1) is 0 Å². The lowest BCUT2D eigenvalue weighted by Gasteiger charge is -2.30. The Morgan fingerprint density at radius 3 is 1.90 bits per heavy atom. The van der Waals surface area contributed by atoms with Crippen LogP contribution in [0, 0.1) is 0 Å². The molecule has 1 aromatic carbocycles. The largest absolute Gasteiger partial charge is 0.297 e. The summed E-state index contributed by atoms with van der Waals surface area (Å²) in [7, 11) is 0. The van der Waals surface area contributed by atoms with Crippen molar-refractivity contribution in [3.63, 3.8) is 0 Å². The maximum Gasteiger partial charge on any atom is 0.0347 e. The first-order chi connectivity index (χ1) is 10.3. The molecule has 0 N–H and O–H groups in total. The van der Waals surface area contributed by atoms with Gasteiger partial charge >= 0.3 is 0 Å². The molecule has 1 atom stereocenters. The molecule has 1 heteroatoms. The SMILES string of the molecule is CCCCCCCCCC(c1ccccc1)N(CC)CC. The van der Waals surface area contributed by atoms with E-state index in [1.165, 1.54) is 56.9 Å². The number of rotatable bonds is 12.